The van der Waals surface area contributed by atoms with Crippen molar-refractivity contribution in [2.24, 2.45) is 4.40 Å². The molecule has 0 unspecified atom stereocenters. The number of allylic oxidation sites excluding steroid dienone is 1. The summed E-state index contributed by atoms with van der Waals surface area (Å²) in [5.41, 5.74) is 1.47. The van der Waals surface area contributed by atoms with Gasteiger partial charge in [0.1, 0.15) is 11.8 Å². The molecule has 0 aromatic heterocycles. The van der Waals surface area contributed by atoms with E-state index in [0.717, 1.165) is 0 Å². The number of aromatic hydroxyl groups is 1. The van der Waals surface area contributed by atoms with Crippen LogP contribution in [0.3, 0.4) is 0 Å². The molecule has 1 aromatic rings. The van der Waals surface area contributed by atoms with Gasteiger partial charge in [0.15, 0.2) is 0 Å². The van der Waals surface area contributed by atoms with Gasteiger partial charge in [-0.1, -0.05) is 0 Å². The van der Waals surface area contributed by atoms with Crippen molar-refractivity contribution in [3.05, 3.63) is 35.0 Å². The Morgan fingerprint density at radius 1 is 1.43 bits per heavy atom. The Morgan fingerprint density at radius 3 is 2.74 bits per heavy atom. The van der Waals surface area contributed by atoms with E-state index in [1.807, 2.05) is 0 Å². The van der Waals surface area contributed by atoms with E-state index in [1.54, 1.807) is 13.0 Å². The molecular weight excluding hydrogens is 320 g/mol. The molecule has 9 heteroatoms. The van der Waals surface area contributed by atoms with Crippen LogP contribution in [0.4, 0.5) is 5.69 Å². The second-order valence-electron chi connectivity index (χ2n) is 4.93. The Balaban J connectivity index is 2.15. The number of hydrogen-bond acceptors (Lipinski definition) is 5. The summed E-state index contributed by atoms with van der Waals surface area (Å²) < 4.78 is 28.6. The van der Waals surface area contributed by atoms with Crippen molar-refractivity contribution in [1.82, 2.24) is 4.72 Å². The first-order chi connectivity index (χ1) is 10.7. The maximum atomic E-state index is 12.1. The van der Waals surface area contributed by atoms with Gasteiger partial charge in [-0.15, -0.1) is 4.40 Å². The van der Waals surface area contributed by atoms with Crippen LogP contribution in [0, 0.1) is 11.3 Å². The highest BCUT2D eigenvalue weighted by molar-refractivity contribution is 7.88. The zero-order valence-electron chi connectivity index (χ0n) is 12.4. The second-order valence-corrected chi connectivity index (χ2v) is 6.26. The van der Waals surface area contributed by atoms with Gasteiger partial charge in [0.05, 0.1) is 17.7 Å². The molecule has 1 aromatic carbocycles. The Bertz CT molecular complexity index is 879. The van der Waals surface area contributed by atoms with Crippen LogP contribution in [0.15, 0.2) is 33.9 Å². The number of anilines is 1. The molecule has 0 radical (unpaired) electrons. The Labute approximate surface area is 133 Å². The van der Waals surface area contributed by atoms with Crippen LogP contribution < -0.4 is 10.0 Å². The van der Waals surface area contributed by atoms with Crippen LogP contribution in [0.25, 0.3) is 0 Å². The molecule has 0 fully saturated rings. The summed E-state index contributed by atoms with van der Waals surface area (Å²) in [5, 5.41) is 20.9. The number of hydrogen-bond donors (Lipinski definition) is 3. The molecule has 0 atom stereocenters. The van der Waals surface area contributed by atoms with Gasteiger partial charge in [0.25, 0.3) is 0 Å². The number of nitrogens with one attached hydrogen (secondary N) is 2. The molecule has 23 heavy (non-hydrogen) atoms. The first-order valence-corrected chi connectivity index (χ1v) is 7.98. The maximum Gasteiger partial charge on any atom is 0.342 e. The molecular formula is C14H14N4O4S. The van der Waals surface area contributed by atoms with E-state index in [2.05, 4.69) is 14.4 Å². The molecule has 0 saturated heterocycles. The number of benzene rings is 1. The van der Waals surface area contributed by atoms with Crippen LogP contribution in [0.5, 0.6) is 5.75 Å². The topological polar surface area (TPSA) is 132 Å². The van der Waals surface area contributed by atoms with E-state index < -0.39 is 16.1 Å². The predicted octanol–water partition coefficient (Wildman–Crippen LogP) is 1.18. The lowest BCUT2D eigenvalue weighted by Gasteiger charge is -2.17. The van der Waals surface area contributed by atoms with Gasteiger partial charge in [0.2, 0.25) is 5.91 Å². The maximum absolute atomic E-state index is 12.1. The lowest BCUT2D eigenvalue weighted by atomic mass is 10.1. The van der Waals surface area contributed by atoms with Gasteiger partial charge in [-0.2, -0.15) is 13.7 Å². The molecule has 2 rings (SSSR count). The van der Waals surface area contributed by atoms with E-state index in [0.29, 0.717) is 17.0 Å². The minimum atomic E-state index is -3.74. The molecule has 3 N–H and O–H groups in total. The number of carbonyl (C=O) groups excluding carboxylic acids is 1. The van der Waals surface area contributed by atoms with E-state index in [1.165, 1.54) is 25.1 Å². The lowest BCUT2D eigenvalue weighted by Crippen LogP contribution is -2.29. The lowest BCUT2D eigenvalue weighted by molar-refractivity contribution is -0.115. The Hall–Kier alpha value is -2.86. The third kappa shape index (κ3) is 3.87. The summed E-state index contributed by atoms with van der Waals surface area (Å²) >= 11 is 0. The van der Waals surface area contributed by atoms with E-state index >= 15 is 0 Å². The second kappa shape index (κ2) is 6.10. The SMILES string of the molecule is CC1=NS(=O)(=O)NC(C)=C1CC(=O)Nc1ccc(O)c(C#N)c1. The van der Waals surface area contributed by atoms with Crippen LogP contribution in [-0.4, -0.2) is 25.1 Å². The molecule has 0 saturated carbocycles. The normalized spacial score (nSPS) is 16.1. The van der Waals surface area contributed by atoms with Gasteiger partial charge >= 0.3 is 10.2 Å². The molecule has 1 amide bonds. The third-order valence-corrected chi connectivity index (χ3v) is 4.25. The van der Waals surface area contributed by atoms with E-state index in [9.17, 15) is 18.3 Å². The van der Waals surface area contributed by atoms with Crippen molar-refractivity contribution < 1.29 is 18.3 Å². The largest absolute Gasteiger partial charge is 0.507 e. The number of phenolic OH excluding ortho intramolecular Hbond substituents is 1. The molecule has 0 spiro atoms. The number of carbonyl (C=O) groups is 1. The molecule has 0 bridgehead atoms. The van der Waals surface area contributed by atoms with Crippen molar-refractivity contribution in [3.8, 4) is 11.8 Å². The molecule has 1 aliphatic heterocycles. The zero-order chi connectivity index (χ0) is 17.2. The van der Waals surface area contributed by atoms with Gasteiger partial charge < -0.3 is 10.4 Å². The Morgan fingerprint density at radius 2 is 2.13 bits per heavy atom. The highest BCUT2D eigenvalue weighted by Crippen LogP contribution is 2.22. The summed E-state index contributed by atoms with van der Waals surface area (Å²) in [5.74, 6) is -0.571. The van der Waals surface area contributed by atoms with Crippen LogP contribution >= 0.6 is 0 Å². The van der Waals surface area contributed by atoms with Crippen molar-refractivity contribution in [2.75, 3.05) is 5.32 Å². The fraction of sp³-hybridized carbons (Fsp3) is 0.214. The third-order valence-electron chi connectivity index (χ3n) is 3.17. The van der Waals surface area contributed by atoms with Crippen molar-refractivity contribution in [1.29, 1.82) is 5.26 Å². The van der Waals surface area contributed by atoms with Gasteiger partial charge in [-0.25, -0.2) is 0 Å². The number of phenols is 1. The van der Waals surface area contributed by atoms with Gasteiger partial charge in [0, 0.05) is 17.0 Å². The zero-order valence-corrected chi connectivity index (χ0v) is 13.2. The molecule has 1 aliphatic rings. The fourth-order valence-corrected chi connectivity index (χ4v) is 3.14. The number of nitriles is 1. The highest BCUT2D eigenvalue weighted by Gasteiger charge is 2.22. The minimum Gasteiger partial charge on any atom is -0.507 e. The predicted molar refractivity (Wildman–Crippen MR) is 83.9 cm³/mol. The quantitative estimate of drug-likeness (QED) is 0.714. The summed E-state index contributed by atoms with van der Waals surface area (Å²) in [6.45, 7) is 3.06. The summed E-state index contributed by atoms with van der Waals surface area (Å²) in [6, 6.07) is 5.92. The first-order valence-electron chi connectivity index (χ1n) is 6.54. The standard InChI is InChI=1S/C14H14N4O4S/c1-8-12(9(2)18-23(21,22)17-8)6-14(20)16-11-3-4-13(19)10(5-11)7-15/h3-5,17,19H,6H2,1-2H3,(H,16,20). The first kappa shape index (κ1) is 16.5. The average Bonchev–Trinajstić information content (AvgIpc) is 2.44. The minimum absolute atomic E-state index is 0.0429. The van der Waals surface area contributed by atoms with Crippen LogP contribution in [-0.2, 0) is 15.0 Å². The Kier molecular flexibility index (Phi) is 4.38. The van der Waals surface area contributed by atoms with Crippen molar-refractivity contribution >= 4 is 27.5 Å². The molecule has 120 valence electrons. The summed E-state index contributed by atoms with van der Waals surface area (Å²) in [6.07, 6.45) is -0.0769. The number of rotatable bonds is 3. The van der Waals surface area contributed by atoms with Crippen molar-refractivity contribution in [3.63, 3.8) is 0 Å². The molecule has 8 nitrogen and oxygen atoms in total. The van der Waals surface area contributed by atoms with Gasteiger partial charge in [-0.3, -0.25) is 9.52 Å². The van der Waals surface area contributed by atoms with E-state index in [-0.39, 0.29) is 23.4 Å². The highest BCUT2D eigenvalue weighted by atomic mass is 32.2. The van der Waals surface area contributed by atoms with Crippen molar-refractivity contribution in [2.45, 2.75) is 20.3 Å². The number of nitrogens with zero attached hydrogens (tertiary/aromatic N) is 2. The van der Waals surface area contributed by atoms with E-state index in [4.69, 9.17) is 5.26 Å². The smallest absolute Gasteiger partial charge is 0.342 e. The monoisotopic (exact) mass is 334 g/mol. The van der Waals surface area contributed by atoms with Gasteiger partial charge in [-0.05, 0) is 32.0 Å². The fourth-order valence-electron chi connectivity index (χ4n) is 2.11. The summed E-state index contributed by atoms with van der Waals surface area (Å²) in [4.78, 5) is 12.1. The number of amides is 1. The van der Waals surface area contributed by atoms with Crippen LogP contribution in [0.1, 0.15) is 25.8 Å². The molecule has 1 heterocycles. The summed E-state index contributed by atoms with van der Waals surface area (Å²) in [7, 11) is -3.74. The van der Waals surface area contributed by atoms with Crippen LogP contribution in [0.2, 0.25) is 0 Å². The molecule has 0 aliphatic carbocycles. The average molecular weight is 334 g/mol.